The minimum Gasteiger partial charge on any atom is -0.454 e. The van der Waals surface area contributed by atoms with Gasteiger partial charge in [-0.15, -0.1) is 0 Å². The summed E-state index contributed by atoms with van der Waals surface area (Å²) in [5.41, 5.74) is 1.09. The Kier molecular flexibility index (Phi) is 4.10. The zero-order valence-electron chi connectivity index (χ0n) is 13.7. The molecule has 0 saturated carbocycles. The number of carbonyl (C=O) groups is 1. The van der Waals surface area contributed by atoms with Gasteiger partial charge in [-0.25, -0.2) is 4.98 Å². The zero-order valence-corrected chi connectivity index (χ0v) is 13.7. The number of hydrogen-bond donors (Lipinski definition) is 2. The first-order valence-corrected chi connectivity index (χ1v) is 8.02. The fourth-order valence-electron chi connectivity index (χ4n) is 2.63. The number of fused-ring (bicyclic) bond motifs is 1. The van der Waals surface area contributed by atoms with Gasteiger partial charge in [-0.1, -0.05) is 36.4 Å². The fourth-order valence-corrected chi connectivity index (χ4v) is 2.63. The van der Waals surface area contributed by atoms with E-state index in [1.807, 2.05) is 36.4 Å². The number of nitrogens with zero attached hydrogens (tertiary/aromatic N) is 1. The van der Waals surface area contributed by atoms with Crippen LogP contribution >= 0.6 is 0 Å². The molecule has 0 bridgehead atoms. The predicted molar refractivity (Wildman–Crippen MR) is 94.0 cm³/mol. The van der Waals surface area contributed by atoms with Crippen molar-refractivity contribution >= 4 is 5.91 Å². The monoisotopic (exact) mass is 349 g/mol. The molecule has 0 saturated heterocycles. The first kappa shape index (κ1) is 15.9. The second-order valence-corrected chi connectivity index (χ2v) is 5.71. The van der Waals surface area contributed by atoms with Crippen LogP contribution in [0.3, 0.4) is 0 Å². The molecule has 4 rings (SSSR count). The lowest BCUT2D eigenvalue weighted by Crippen LogP contribution is -2.29. The Morgan fingerprint density at radius 3 is 2.73 bits per heavy atom. The highest BCUT2D eigenvalue weighted by Gasteiger charge is 2.15. The largest absolute Gasteiger partial charge is 0.454 e. The summed E-state index contributed by atoms with van der Waals surface area (Å²) >= 11 is 0. The molecule has 1 aromatic heterocycles. The van der Waals surface area contributed by atoms with Crippen LogP contribution in [-0.2, 0) is 6.54 Å². The van der Waals surface area contributed by atoms with Crippen molar-refractivity contribution in [2.24, 2.45) is 0 Å². The Labute approximate surface area is 148 Å². The van der Waals surface area contributed by atoms with Crippen LogP contribution in [0.25, 0.3) is 11.4 Å². The molecule has 2 aromatic carbocycles. The lowest BCUT2D eigenvalue weighted by Gasteiger charge is -2.06. The highest BCUT2D eigenvalue weighted by atomic mass is 16.7. The number of rotatable bonds is 4. The van der Waals surface area contributed by atoms with Gasteiger partial charge < -0.3 is 19.8 Å². The van der Waals surface area contributed by atoms with Crippen LogP contribution in [0.2, 0.25) is 0 Å². The van der Waals surface area contributed by atoms with Crippen molar-refractivity contribution < 1.29 is 14.3 Å². The van der Waals surface area contributed by atoms with E-state index in [1.165, 1.54) is 6.20 Å². The number of hydrogen-bond acceptors (Lipinski definition) is 5. The van der Waals surface area contributed by atoms with Crippen LogP contribution in [0, 0.1) is 0 Å². The summed E-state index contributed by atoms with van der Waals surface area (Å²) < 4.78 is 10.6. The molecule has 0 atom stereocenters. The van der Waals surface area contributed by atoms with Crippen LogP contribution in [0.4, 0.5) is 0 Å². The van der Waals surface area contributed by atoms with Gasteiger partial charge in [-0.2, -0.15) is 0 Å². The van der Waals surface area contributed by atoms with Gasteiger partial charge in [0.25, 0.3) is 11.5 Å². The van der Waals surface area contributed by atoms with E-state index < -0.39 is 11.5 Å². The number of H-pyrrole nitrogens is 1. The molecule has 2 N–H and O–H groups in total. The minimum atomic E-state index is -0.490. The summed E-state index contributed by atoms with van der Waals surface area (Å²) in [5, 5.41) is 2.71. The van der Waals surface area contributed by atoms with E-state index in [4.69, 9.17) is 9.47 Å². The van der Waals surface area contributed by atoms with E-state index >= 15 is 0 Å². The summed E-state index contributed by atoms with van der Waals surface area (Å²) in [6.07, 6.45) is 1.29. The van der Waals surface area contributed by atoms with Crippen LogP contribution in [0.15, 0.2) is 59.5 Å². The molecule has 0 unspecified atom stereocenters. The highest BCUT2D eigenvalue weighted by molar-refractivity contribution is 5.93. The van der Waals surface area contributed by atoms with E-state index in [-0.39, 0.29) is 18.9 Å². The predicted octanol–water partition coefficient (Wildman–Crippen LogP) is 2.10. The van der Waals surface area contributed by atoms with Gasteiger partial charge in [0.1, 0.15) is 11.4 Å². The standard InChI is InChI=1S/C19H15N3O4/c23-18(21-9-12-6-7-15-16(8-12)26-11-25-15)14-10-20-17(22-19(14)24)13-4-2-1-3-5-13/h1-8,10H,9,11H2,(H,21,23)(H,20,22,24). The summed E-state index contributed by atoms with van der Waals surface area (Å²) in [5.74, 6) is 1.25. The van der Waals surface area contributed by atoms with Crippen molar-refractivity contribution in [1.82, 2.24) is 15.3 Å². The summed E-state index contributed by atoms with van der Waals surface area (Å²) in [6.45, 7) is 0.454. The number of aromatic amines is 1. The number of benzene rings is 2. The van der Waals surface area contributed by atoms with Gasteiger partial charge in [-0.3, -0.25) is 9.59 Å². The molecule has 0 fully saturated rings. The third-order valence-electron chi connectivity index (χ3n) is 3.98. The van der Waals surface area contributed by atoms with Gasteiger partial charge in [0.15, 0.2) is 11.5 Å². The average Bonchev–Trinajstić information content (AvgIpc) is 3.14. The second-order valence-electron chi connectivity index (χ2n) is 5.71. The number of nitrogens with one attached hydrogen (secondary N) is 2. The van der Waals surface area contributed by atoms with Crippen molar-refractivity contribution in [1.29, 1.82) is 0 Å². The van der Waals surface area contributed by atoms with E-state index in [0.717, 1.165) is 11.1 Å². The van der Waals surface area contributed by atoms with E-state index in [2.05, 4.69) is 15.3 Å². The molecule has 26 heavy (non-hydrogen) atoms. The molecule has 0 spiro atoms. The van der Waals surface area contributed by atoms with Crippen molar-refractivity contribution in [2.45, 2.75) is 6.54 Å². The van der Waals surface area contributed by atoms with Gasteiger partial charge in [0.2, 0.25) is 6.79 Å². The summed E-state index contributed by atoms with van der Waals surface area (Å²) in [4.78, 5) is 31.3. The Morgan fingerprint density at radius 1 is 1.12 bits per heavy atom. The first-order chi connectivity index (χ1) is 12.7. The van der Waals surface area contributed by atoms with Crippen LogP contribution in [0.1, 0.15) is 15.9 Å². The van der Waals surface area contributed by atoms with Crippen LogP contribution in [-0.4, -0.2) is 22.7 Å². The van der Waals surface area contributed by atoms with E-state index in [0.29, 0.717) is 17.3 Å². The van der Waals surface area contributed by atoms with Crippen molar-refractivity contribution in [3.63, 3.8) is 0 Å². The highest BCUT2D eigenvalue weighted by Crippen LogP contribution is 2.32. The maximum atomic E-state index is 12.3. The molecule has 130 valence electrons. The Balaban J connectivity index is 1.47. The Bertz CT molecular complexity index is 1010. The van der Waals surface area contributed by atoms with Crippen molar-refractivity contribution in [3.05, 3.63) is 76.2 Å². The molecule has 1 amide bonds. The molecule has 0 radical (unpaired) electrons. The molecular weight excluding hydrogens is 334 g/mol. The first-order valence-electron chi connectivity index (χ1n) is 8.02. The van der Waals surface area contributed by atoms with Gasteiger partial charge in [0.05, 0.1) is 0 Å². The zero-order chi connectivity index (χ0) is 17.9. The van der Waals surface area contributed by atoms with Gasteiger partial charge in [0, 0.05) is 18.3 Å². The lowest BCUT2D eigenvalue weighted by molar-refractivity contribution is 0.0949. The molecule has 7 nitrogen and oxygen atoms in total. The van der Waals surface area contributed by atoms with Gasteiger partial charge in [-0.05, 0) is 17.7 Å². The second kappa shape index (κ2) is 6.72. The number of carbonyl (C=O) groups excluding carboxylic acids is 1. The number of aromatic nitrogens is 2. The summed E-state index contributed by atoms with van der Waals surface area (Å²) in [7, 11) is 0. The van der Waals surface area contributed by atoms with Crippen LogP contribution < -0.4 is 20.3 Å². The molecular formula is C19H15N3O4. The summed E-state index contributed by atoms with van der Waals surface area (Å²) in [6, 6.07) is 14.6. The lowest BCUT2D eigenvalue weighted by atomic mass is 10.2. The SMILES string of the molecule is O=C(NCc1ccc2c(c1)OCO2)c1cnc(-c2ccccc2)[nH]c1=O. The normalized spacial score (nSPS) is 12.0. The quantitative estimate of drug-likeness (QED) is 0.752. The maximum Gasteiger partial charge on any atom is 0.264 e. The fraction of sp³-hybridized carbons (Fsp3) is 0.105. The van der Waals surface area contributed by atoms with Crippen LogP contribution in [0.5, 0.6) is 11.5 Å². The molecule has 3 aromatic rings. The molecule has 7 heteroatoms. The van der Waals surface area contributed by atoms with Crippen molar-refractivity contribution in [2.75, 3.05) is 6.79 Å². The molecule has 1 aliphatic heterocycles. The number of ether oxygens (including phenoxy) is 2. The third-order valence-corrected chi connectivity index (χ3v) is 3.98. The van der Waals surface area contributed by atoms with E-state index in [1.54, 1.807) is 12.1 Å². The van der Waals surface area contributed by atoms with Crippen molar-refractivity contribution in [3.8, 4) is 22.9 Å². The molecule has 2 heterocycles. The van der Waals surface area contributed by atoms with E-state index in [9.17, 15) is 9.59 Å². The topological polar surface area (TPSA) is 93.3 Å². The Hall–Kier alpha value is -3.61. The third kappa shape index (κ3) is 3.14. The maximum absolute atomic E-state index is 12.3. The minimum absolute atomic E-state index is 0.0366. The smallest absolute Gasteiger partial charge is 0.264 e. The molecule has 0 aliphatic carbocycles. The number of amides is 1. The average molecular weight is 349 g/mol. The Morgan fingerprint density at radius 2 is 1.92 bits per heavy atom. The van der Waals surface area contributed by atoms with Gasteiger partial charge >= 0.3 is 0 Å². The molecule has 1 aliphatic rings.